The molecule has 0 aliphatic carbocycles. The number of hydrogen-bond acceptors (Lipinski definition) is 3. The standard InChI is InChI=1S/C22H24N4O2/c1-25-13-16(12-23-25)9-10-21(27)24-19-11-22(28)26(15-19)14-18-7-4-6-17-5-2-3-8-20(17)18/h2-8,12-13,19H,9-11,14-15H2,1H3,(H,24,27)/t19-/m1/s1. The van der Waals surface area contributed by atoms with E-state index in [1.807, 2.05) is 36.3 Å². The number of rotatable bonds is 6. The van der Waals surface area contributed by atoms with Gasteiger partial charge in [-0.15, -0.1) is 0 Å². The summed E-state index contributed by atoms with van der Waals surface area (Å²) in [5, 5.41) is 9.46. The lowest BCUT2D eigenvalue weighted by Crippen LogP contribution is -2.37. The van der Waals surface area contributed by atoms with Crippen LogP contribution in [0.4, 0.5) is 0 Å². The summed E-state index contributed by atoms with van der Waals surface area (Å²) in [7, 11) is 1.86. The molecular formula is C22H24N4O2. The molecule has 1 N–H and O–H groups in total. The van der Waals surface area contributed by atoms with Gasteiger partial charge in [0.1, 0.15) is 0 Å². The second-order valence-electron chi connectivity index (χ2n) is 7.40. The van der Waals surface area contributed by atoms with E-state index >= 15 is 0 Å². The number of amides is 2. The summed E-state index contributed by atoms with van der Waals surface area (Å²) in [5.74, 6) is 0.0687. The molecule has 0 unspecified atom stereocenters. The molecule has 6 heteroatoms. The van der Waals surface area contributed by atoms with Gasteiger partial charge in [-0.25, -0.2) is 0 Å². The molecule has 6 nitrogen and oxygen atoms in total. The molecule has 1 aliphatic rings. The number of carbonyl (C=O) groups excluding carboxylic acids is 2. The van der Waals surface area contributed by atoms with Gasteiger partial charge in [-0.2, -0.15) is 5.10 Å². The normalized spacial score (nSPS) is 16.7. The molecule has 4 rings (SSSR count). The van der Waals surface area contributed by atoms with E-state index in [-0.39, 0.29) is 17.9 Å². The van der Waals surface area contributed by atoms with Gasteiger partial charge in [-0.05, 0) is 28.3 Å². The van der Waals surface area contributed by atoms with Gasteiger partial charge in [0.15, 0.2) is 0 Å². The van der Waals surface area contributed by atoms with Gasteiger partial charge >= 0.3 is 0 Å². The maximum atomic E-state index is 12.5. The summed E-state index contributed by atoms with van der Waals surface area (Å²) in [6.07, 6.45) is 5.11. The minimum absolute atomic E-state index is 0.0198. The molecule has 1 fully saturated rings. The Hall–Kier alpha value is -3.15. The van der Waals surface area contributed by atoms with Crippen LogP contribution in [0.15, 0.2) is 54.9 Å². The van der Waals surface area contributed by atoms with Gasteiger partial charge in [0.05, 0.1) is 12.2 Å². The van der Waals surface area contributed by atoms with Crippen LogP contribution in [0.3, 0.4) is 0 Å². The van der Waals surface area contributed by atoms with E-state index in [0.717, 1.165) is 11.1 Å². The maximum absolute atomic E-state index is 12.5. The van der Waals surface area contributed by atoms with Crippen LogP contribution < -0.4 is 5.32 Å². The Balaban J connectivity index is 1.34. The summed E-state index contributed by atoms with van der Waals surface area (Å²) < 4.78 is 1.73. The highest BCUT2D eigenvalue weighted by Gasteiger charge is 2.30. The molecule has 144 valence electrons. The van der Waals surface area contributed by atoms with Crippen molar-refractivity contribution in [3.63, 3.8) is 0 Å². The number of aromatic nitrogens is 2. The van der Waals surface area contributed by atoms with Crippen molar-refractivity contribution in [2.45, 2.75) is 31.8 Å². The highest BCUT2D eigenvalue weighted by atomic mass is 16.2. The third-order valence-corrected chi connectivity index (χ3v) is 5.22. The Morgan fingerprint density at radius 2 is 2.04 bits per heavy atom. The molecule has 3 aromatic rings. The monoisotopic (exact) mass is 376 g/mol. The summed E-state index contributed by atoms with van der Waals surface area (Å²) in [6.45, 7) is 1.13. The Morgan fingerprint density at radius 1 is 1.21 bits per heavy atom. The zero-order chi connectivity index (χ0) is 19.5. The van der Waals surface area contributed by atoms with E-state index in [1.54, 1.807) is 10.9 Å². The molecular weight excluding hydrogens is 352 g/mol. The lowest BCUT2D eigenvalue weighted by molar-refractivity contribution is -0.128. The number of nitrogens with one attached hydrogen (secondary N) is 1. The molecule has 1 aromatic heterocycles. The van der Waals surface area contributed by atoms with E-state index in [0.29, 0.717) is 32.4 Å². The van der Waals surface area contributed by atoms with Crippen LogP contribution in [0.2, 0.25) is 0 Å². The molecule has 2 amide bonds. The lowest BCUT2D eigenvalue weighted by atomic mass is 10.0. The van der Waals surface area contributed by atoms with E-state index < -0.39 is 0 Å². The number of carbonyl (C=O) groups is 2. The molecule has 2 heterocycles. The quantitative estimate of drug-likeness (QED) is 0.718. The fourth-order valence-electron chi connectivity index (χ4n) is 3.82. The van der Waals surface area contributed by atoms with Crippen molar-refractivity contribution in [3.05, 3.63) is 66.0 Å². The first-order chi connectivity index (χ1) is 13.6. The van der Waals surface area contributed by atoms with Gasteiger partial charge in [0.2, 0.25) is 11.8 Å². The molecule has 1 atom stereocenters. The van der Waals surface area contributed by atoms with Gasteiger partial charge in [-0.3, -0.25) is 14.3 Å². The number of nitrogens with zero attached hydrogens (tertiary/aromatic N) is 3. The minimum Gasteiger partial charge on any atom is -0.351 e. The first-order valence-corrected chi connectivity index (χ1v) is 9.60. The molecule has 0 bridgehead atoms. The largest absolute Gasteiger partial charge is 0.351 e. The summed E-state index contributed by atoms with van der Waals surface area (Å²) in [4.78, 5) is 26.6. The molecule has 28 heavy (non-hydrogen) atoms. The minimum atomic E-state index is -0.121. The van der Waals surface area contributed by atoms with Crippen molar-refractivity contribution in [3.8, 4) is 0 Å². The topological polar surface area (TPSA) is 67.2 Å². The molecule has 0 radical (unpaired) electrons. The number of aryl methyl sites for hydroxylation is 2. The van der Waals surface area contributed by atoms with Crippen LogP contribution in [-0.2, 0) is 29.6 Å². The Bertz CT molecular complexity index is 1010. The van der Waals surface area contributed by atoms with Crippen molar-refractivity contribution < 1.29 is 9.59 Å². The van der Waals surface area contributed by atoms with Crippen molar-refractivity contribution >= 4 is 22.6 Å². The number of benzene rings is 2. The van der Waals surface area contributed by atoms with Crippen molar-refractivity contribution in [2.24, 2.45) is 7.05 Å². The average molecular weight is 376 g/mol. The molecule has 1 aliphatic heterocycles. The first-order valence-electron chi connectivity index (χ1n) is 9.60. The third-order valence-electron chi connectivity index (χ3n) is 5.22. The van der Waals surface area contributed by atoms with Crippen molar-refractivity contribution in [2.75, 3.05) is 6.54 Å². The van der Waals surface area contributed by atoms with E-state index in [9.17, 15) is 9.59 Å². The van der Waals surface area contributed by atoms with Crippen molar-refractivity contribution in [1.82, 2.24) is 20.0 Å². The zero-order valence-corrected chi connectivity index (χ0v) is 16.0. The Morgan fingerprint density at radius 3 is 2.86 bits per heavy atom. The van der Waals surface area contributed by atoms with E-state index in [4.69, 9.17) is 0 Å². The predicted octanol–water partition coefficient (Wildman–Crippen LogP) is 2.42. The number of hydrogen-bond donors (Lipinski definition) is 1. The fraction of sp³-hybridized carbons (Fsp3) is 0.318. The Kier molecular flexibility index (Phi) is 5.10. The molecule has 0 spiro atoms. The highest BCUT2D eigenvalue weighted by Crippen LogP contribution is 2.22. The van der Waals surface area contributed by atoms with Crippen LogP contribution in [0, 0.1) is 0 Å². The number of likely N-dealkylation sites (tertiary alicyclic amines) is 1. The van der Waals surface area contributed by atoms with Gasteiger partial charge in [0, 0.05) is 39.2 Å². The smallest absolute Gasteiger partial charge is 0.225 e. The maximum Gasteiger partial charge on any atom is 0.225 e. The van der Waals surface area contributed by atoms with Gasteiger partial charge in [-0.1, -0.05) is 42.5 Å². The van der Waals surface area contributed by atoms with Crippen molar-refractivity contribution in [1.29, 1.82) is 0 Å². The van der Waals surface area contributed by atoms with E-state index in [2.05, 4.69) is 34.7 Å². The van der Waals surface area contributed by atoms with Crippen LogP contribution in [0.25, 0.3) is 10.8 Å². The second kappa shape index (κ2) is 7.84. The van der Waals surface area contributed by atoms with Crippen LogP contribution >= 0.6 is 0 Å². The van der Waals surface area contributed by atoms with Crippen LogP contribution in [0.5, 0.6) is 0 Å². The van der Waals surface area contributed by atoms with Gasteiger partial charge in [0.25, 0.3) is 0 Å². The molecule has 2 aromatic carbocycles. The molecule has 0 saturated carbocycles. The summed E-state index contributed by atoms with van der Waals surface area (Å²) in [5.41, 5.74) is 2.17. The highest BCUT2D eigenvalue weighted by molar-refractivity contribution is 5.87. The second-order valence-corrected chi connectivity index (χ2v) is 7.40. The summed E-state index contributed by atoms with van der Waals surface area (Å²) >= 11 is 0. The van der Waals surface area contributed by atoms with Crippen LogP contribution in [0.1, 0.15) is 24.0 Å². The van der Waals surface area contributed by atoms with Gasteiger partial charge < -0.3 is 10.2 Å². The number of fused-ring (bicyclic) bond motifs is 1. The fourth-order valence-corrected chi connectivity index (χ4v) is 3.82. The SMILES string of the molecule is Cn1cc(CCC(=O)N[C@@H]2CC(=O)N(Cc3cccc4ccccc34)C2)cn1. The predicted molar refractivity (Wildman–Crippen MR) is 107 cm³/mol. The third kappa shape index (κ3) is 4.06. The van der Waals surface area contributed by atoms with E-state index in [1.165, 1.54) is 10.8 Å². The van der Waals surface area contributed by atoms with Crippen LogP contribution in [-0.4, -0.2) is 39.1 Å². The average Bonchev–Trinajstić information content (AvgIpc) is 3.25. The Labute approximate surface area is 164 Å². The molecule has 1 saturated heterocycles. The first kappa shape index (κ1) is 18.2. The summed E-state index contributed by atoms with van der Waals surface area (Å²) in [6, 6.07) is 14.2. The zero-order valence-electron chi connectivity index (χ0n) is 16.0. The lowest BCUT2D eigenvalue weighted by Gasteiger charge is -2.18.